The Morgan fingerprint density at radius 3 is 2.58 bits per heavy atom. The molecular weight excluding hydrogens is 527 g/mol. The molecule has 3 heterocycles. The van der Waals surface area contributed by atoms with Crippen molar-refractivity contribution < 1.29 is 31.9 Å². The normalized spacial score (nSPS) is 13.6. The smallest absolute Gasteiger partial charge is 0.433 e. The maximum atomic E-state index is 13.3. The van der Waals surface area contributed by atoms with E-state index < -0.39 is 17.8 Å². The van der Waals surface area contributed by atoms with E-state index in [0.29, 0.717) is 16.5 Å². The third-order valence-corrected chi connectivity index (χ3v) is 6.68. The van der Waals surface area contributed by atoms with Crippen LogP contribution < -0.4 is 15.8 Å². The van der Waals surface area contributed by atoms with Crippen LogP contribution in [-0.4, -0.2) is 46.9 Å². The van der Waals surface area contributed by atoms with Crippen molar-refractivity contribution >= 4 is 22.7 Å². The molecule has 40 heavy (non-hydrogen) atoms. The van der Waals surface area contributed by atoms with Gasteiger partial charge in [-0.25, -0.2) is 9.97 Å². The number of nitrogens with one attached hydrogen (secondary N) is 1. The lowest BCUT2D eigenvalue weighted by atomic mass is 10.1. The summed E-state index contributed by atoms with van der Waals surface area (Å²) in [6, 6.07) is 12.2. The van der Waals surface area contributed by atoms with Crippen molar-refractivity contribution in [1.82, 2.24) is 20.2 Å². The van der Waals surface area contributed by atoms with Gasteiger partial charge in [0.15, 0.2) is 11.5 Å². The topological polar surface area (TPSA) is 124 Å². The molecule has 1 fully saturated rings. The van der Waals surface area contributed by atoms with E-state index in [4.69, 9.17) is 14.9 Å². The summed E-state index contributed by atoms with van der Waals surface area (Å²) in [7, 11) is 1.33. The Bertz CT molecular complexity index is 1580. The fourth-order valence-corrected chi connectivity index (χ4v) is 4.67. The molecule has 2 aromatic carbocycles. The molecule has 0 radical (unpaired) electrons. The number of aromatic nitrogens is 2. The lowest BCUT2D eigenvalue weighted by Gasteiger charge is -2.15. The predicted octanol–water partition coefficient (Wildman–Crippen LogP) is 4.54. The van der Waals surface area contributed by atoms with Gasteiger partial charge in [0.05, 0.1) is 13.7 Å². The number of halogens is 3. The van der Waals surface area contributed by atoms with Crippen molar-refractivity contribution in [2.75, 3.05) is 20.2 Å². The molecule has 1 aliphatic rings. The predicted molar refractivity (Wildman–Crippen MR) is 139 cm³/mol. The zero-order chi connectivity index (χ0) is 28.4. The average molecular weight is 554 g/mol. The Kier molecular flexibility index (Phi) is 7.44. The largest absolute Gasteiger partial charge is 0.494 e. The standard InChI is InChI=1S/C28H26F3N5O4/c1-39-20-9-7-19(18-8-10-22(28(29,30)31)34-23(18)20)26-35-24(21(14-32)40-26)25(37)33-15-16-5-4-6-17(13-16)27(38)36-11-2-3-12-36/h4-10,13H,2-3,11-12,14-15,32H2,1H3,(H,33,37). The van der Waals surface area contributed by atoms with Crippen molar-refractivity contribution in [2.24, 2.45) is 5.73 Å². The Hall–Kier alpha value is -4.45. The number of carbonyl (C=O) groups is 2. The number of ether oxygens (including phenoxy) is 1. The van der Waals surface area contributed by atoms with E-state index in [2.05, 4.69) is 15.3 Å². The number of nitrogens with zero attached hydrogens (tertiary/aromatic N) is 3. The number of amides is 2. The lowest BCUT2D eigenvalue weighted by Crippen LogP contribution is -2.28. The van der Waals surface area contributed by atoms with Gasteiger partial charge in [-0.3, -0.25) is 9.59 Å². The van der Waals surface area contributed by atoms with Gasteiger partial charge >= 0.3 is 6.18 Å². The molecule has 1 saturated heterocycles. The number of carbonyl (C=O) groups excluding carboxylic acids is 2. The first-order valence-electron chi connectivity index (χ1n) is 12.6. The second-order valence-corrected chi connectivity index (χ2v) is 9.28. The number of benzene rings is 2. The molecule has 0 saturated carbocycles. The van der Waals surface area contributed by atoms with E-state index in [1.54, 1.807) is 30.3 Å². The molecule has 5 rings (SSSR count). The van der Waals surface area contributed by atoms with Gasteiger partial charge < -0.3 is 25.1 Å². The number of hydrogen-bond donors (Lipinski definition) is 2. The van der Waals surface area contributed by atoms with Gasteiger partial charge in [-0.2, -0.15) is 13.2 Å². The molecule has 9 nitrogen and oxygen atoms in total. The van der Waals surface area contributed by atoms with Gasteiger partial charge in [0, 0.05) is 36.1 Å². The molecule has 2 aromatic heterocycles. The van der Waals surface area contributed by atoms with Crippen molar-refractivity contribution in [2.45, 2.75) is 32.1 Å². The number of rotatable bonds is 7. The van der Waals surface area contributed by atoms with Gasteiger partial charge in [0.25, 0.3) is 11.8 Å². The minimum atomic E-state index is -4.64. The summed E-state index contributed by atoms with van der Waals surface area (Å²) >= 11 is 0. The van der Waals surface area contributed by atoms with Crippen LogP contribution in [0.15, 0.2) is 52.9 Å². The molecule has 0 atom stereocenters. The van der Waals surface area contributed by atoms with Crippen LogP contribution in [0.25, 0.3) is 22.4 Å². The molecule has 0 aliphatic carbocycles. The second-order valence-electron chi connectivity index (χ2n) is 9.28. The summed E-state index contributed by atoms with van der Waals surface area (Å²) in [5.41, 5.74) is 6.25. The van der Waals surface area contributed by atoms with Gasteiger partial charge in [-0.05, 0) is 54.8 Å². The zero-order valence-electron chi connectivity index (χ0n) is 21.5. The highest BCUT2D eigenvalue weighted by Crippen LogP contribution is 2.37. The van der Waals surface area contributed by atoms with Gasteiger partial charge in [-0.1, -0.05) is 12.1 Å². The number of oxazole rings is 1. The van der Waals surface area contributed by atoms with Crippen molar-refractivity contribution in [3.63, 3.8) is 0 Å². The molecule has 0 bridgehead atoms. The Morgan fingerprint density at radius 2 is 1.88 bits per heavy atom. The van der Waals surface area contributed by atoms with Crippen molar-refractivity contribution in [3.8, 4) is 17.2 Å². The number of likely N-dealkylation sites (tertiary alicyclic amines) is 1. The van der Waals surface area contributed by atoms with Crippen molar-refractivity contribution in [1.29, 1.82) is 0 Å². The third-order valence-electron chi connectivity index (χ3n) is 6.68. The van der Waals surface area contributed by atoms with Crippen LogP contribution in [0.1, 0.15) is 50.7 Å². The van der Waals surface area contributed by atoms with E-state index in [1.807, 2.05) is 4.90 Å². The van der Waals surface area contributed by atoms with Crippen LogP contribution in [0, 0.1) is 0 Å². The monoisotopic (exact) mass is 553 g/mol. The summed E-state index contributed by atoms with van der Waals surface area (Å²) < 4.78 is 50.8. The van der Waals surface area contributed by atoms with Crippen LogP contribution in [-0.2, 0) is 19.3 Å². The van der Waals surface area contributed by atoms with E-state index >= 15 is 0 Å². The van der Waals surface area contributed by atoms with E-state index in [0.717, 1.165) is 37.6 Å². The minimum Gasteiger partial charge on any atom is -0.494 e. The average Bonchev–Trinajstić information content (AvgIpc) is 3.65. The van der Waals surface area contributed by atoms with E-state index in [9.17, 15) is 22.8 Å². The Morgan fingerprint density at radius 1 is 1.10 bits per heavy atom. The summed E-state index contributed by atoms with van der Waals surface area (Å²) in [4.78, 5) is 35.7. The highest BCUT2D eigenvalue weighted by molar-refractivity contribution is 5.98. The summed E-state index contributed by atoms with van der Waals surface area (Å²) in [5.74, 6) is -0.353. The first kappa shape index (κ1) is 27.1. The molecule has 2 amide bonds. The number of alkyl halides is 3. The number of hydrogen-bond acceptors (Lipinski definition) is 7. The second kappa shape index (κ2) is 11.0. The quantitative estimate of drug-likeness (QED) is 0.344. The highest BCUT2D eigenvalue weighted by Gasteiger charge is 2.33. The van der Waals surface area contributed by atoms with E-state index in [1.165, 1.54) is 19.2 Å². The number of methoxy groups -OCH3 is 1. The third kappa shape index (κ3) is 5.34. The lowest BCUT2D eigenvalue weighted by molar-refractivity contribution is -0.140. The zero-order valence-corrected chi connectivity index (χ0v) is 21.5. The molecule has 12 heteroatoms. The fourth-order valence-electron chi connectivity index (χ4n) is 4.67. The summed E-state index contributed by atoms with van der Waals surface area (Å²) in [6.07, 6.45) is -2.67. The van der Waals surface area contributed by atoms with Crippen LogP contribution in [0.4, 0.5) is 13.2 Å². The molecule has 0 spiro atoms. The fraction of sp³-hybridized carbons (Fsp3) is 0.286. The summed E-state index contributed by atoms with van der Waals surface area (Å²) in [5, 5.41) is 3.07. The van der Waals surface area contributed by atoms with Crippen LogP contribution >= 0.6 is 0 Å². The minimum absolute atomic E-state index is 0.00183. The number of nitrogens with two attached hydrogens (primary N) is 1. The first-order valence-corrected chi connectivity index (χ1v) is 12.6. The van der Waals surface area contributed by atoms with Gasteiger partial charge in [-0.15, -0.1) is 0 Å². The Labute approximate surface area is 227 Å². The molecular formula is C28H26F3N5O4. The molecule has 4 aromatic rings. The molecule has 1 aliphatic heterocycles. The maximum Gasteiger partial charge on any atom is 0.433 e. The van der Waals surface area contributed by atoms with Crippen molar-refractivity contribution in [3.05, 3.63) is 76.8 Å². The van der Waals surface area contributed by atoms with Crippen LogP contribution in [0.3, 0.4) is 0 Å². The van der Waals surface area contributed by atoms with Gasteiger partial charge in [0.2, 0.25) is 5.89 Å². The van der Waals surface area contributed by atoms with Gasteiger partial charge in [0.1, 0.15) is 17.0 Å². The number of fused-ring (bicyclic) bond motifs is 1. The van der Waals surface area contributed by atoms with Crippen LogP contribution in [0.2, 0.25) is 0 Å². The highest BCUT2D eigenvalue weighted by atomic mass is 19.4. The summed E-state index contributed by atoms with van der Waals surface area (Å²) in [6.45, 7) is 1.46. The molecule has 0 unspecified atom stereocenters. The first-order chi connectivity index (χ1) is 19.2. The molecule has 208 valence electrons. The van der Waals surface area contributed by atoms with Crippen LogP contribution in [0.5, 0.6) is 5.75 Å². The number of pyridine rings is 1. The maximum absolute atomic E-state index is 13.3. The SMILES string of the molecule is COc1ccc(-c2nc(C(=O)NCc3cccc(C(=O)N4CCCC4)c3)c(CN)o2)c2ccc(C(F)(F)F)nc12. The van der Waals surface area contributed by atoms with E-state index in [-0.39, 0.29) is 47.6 Å². The molecule has 3 N–H and O–H groups in total. The Balaban J connectivity index is 1.40.